The third kappa shape index (κ3) is 4.89. The van der Waals surface area contributed by atoms with Crippen molar-refractivity contribution in [2.75, 3.05) is 39.3 Å². The minimum absolute atomic E-state index is 0.611. The van der Waals surface area contributed by atoms with Crippen molar-refractivity contribution in [3.05, 3.63) is 29.8 Å². The monoisotopic (exact) mass is 266 g/mol. The van der Waals surface area contributed by atoms with Crippen LogP contribution in [0.5, 0.6) is 0 Å². The molecular formula is C14H22N2O3. The second kappa shape index (κ2) is 7.76. The number of nitrogens with zero attached hydrogens (tertiary/aromatic N) is 1. The zero-order valence-corrected chi connectivity index (χ0v) is 11.7. The van der Waals surface area contributed by atoms with Crippen LogP contribution in [0.15, 0.2) is 24.3 Å². The second-order valence-electron chi connectivity index (χ2n) is 4.56. The number of carbonyl (C=O) groups is 1. The van der Waals surface area contributed by atoms with E-state index in [1.807, 2.05) is 43.3 Å². The molecule has 1 aromatic rings. The lowest BCUT2D eigenvalue weighted by atomic mass is 10.1. The van der Waals surface area contributed by atoms with E-state index in [4.69, 9.17) is 4.74 Å². The normalized spacial score (nSPS) is 12.2. The lowest BCUT2D eigenvalue weighted by Gasteiger charge is -2.17. The van der Waals surface area contributed by atoms with Crippen LogP contribution in [0.4, 0.5) is 5.69 Å². The summed E-state index contributed by atoms with van der Waals surface area (Å²) in [5, 5.41) is 12.3. The van der Waals surface area contributed by atoms with E-state index in [9.17, 15) is 9.90 Å². The number of carboxylic acids is 1. The summed E-state index contributed by atoms with van der Waals surface area (Å²) in [7, 11) is 5.54. The Morgan fingerprint density at radius 2 is 2.00 bits per heavy atom. The van der Waals surface area contributed by atoms with Gasteiger partial charge in [-0.05, 0) is 30.7 Å². The van der Waals surface area contributed by atoms with Crippen LogP contribution >= 0.6 is 0 Å². The third-order valence-electron chi connectivity index (χ3n) is 2.86. The van der Waals surface area contributed by atoms with Crippen LogP contribution < -0.4 is 10.2 Å². The van der Waals surface area contributed by atoms with Crippen LogP contribution in [0.25, 0.3) is 0 Å². The molecule has 0 spiro atoms. The van der Waals surface area contributed by atoms with Crippen LogP contribution in [0, 0.1) is 0 Å². The van der Waals surface area contributed by atoms with Gasteiger partial charge in [-0.2, -0.15) is 0 Å². The number of anilines is 1. The Morgan fingerprint density at radius 1 is 1.37 bits per heavy atom. The van der Waals surface area contributed by atoms with Gasteiger partial charge in [0.2, 0.25) is 0 Å². The van der Waals surface area contributed by atoms with Gasteiger partial charge in [0.15, 0.2) is 0 Å². The highest BCUT2D eigenvalue weighted by molar-refractivity contribution is 5.75. The molecule has 0 aliphatic heterocycles. The molecule has 1 aromatic carbocycles. The van der Waals surface area contributed by atoms with Gasteiger partial charge >= 0.3 is 5.97 Å². The topological polar surface area (TPSA) is 61.8 Å². The summed E-state index contributed by atoms with van der Waals surface area (Å²) in [6.07, 6.45) is 0.788. The quantitative estimate of drug-likeness (QED) is 0.698. The fourth-order valence-corrected chi connectivity index (χ4v) is 1.78. The van der Waals surface area contributed by atoms with Crippen LogP contribution in [0.1, 0.15) is 18.0 Å². The minimum Gasteiger partial charge on any atom is -0.480 e. The van der Waals surface area contributed by atoms with Gasteiger partial charge in [-0.15, -0.1) is 0 Å². The average Bonchev–Trinajstić information content (AvgIpc) is 2.38. The van der Waals surface area contributed by atoms with Crippen LogP contribution in [0.2, 0.25) is 0 Å². The van der Waals surface area contributed by atoms with Gasteiger partial charge in [-0.3, -0.25) is 4.79 Å². The molecule has 0 saturated heterocycles. The van der Waals surface area contributed by atoms with Gasteiger partial charge in [0.25, 0.3) is 0 Å². The summed E-state index contributed by atoms with van der Waals surface area (Å²) in [6, 6.07) is 6.85. The van der Waals surface area contributed by atoms with Gasteiger partial charge < -0.3 is 20.1 Å². The van der Waals surface area contributed by atoms with Gasteiger partial charge in [-0.1, -0.05) is 12.1 Å². The Balaban J connectivity index is 2.67. The average molecular weight is 266 g/mol. The first-order chi connectivity index (χ1) is 9.06. The number of hydrogen-bond donors (Lipinski definition) is 2. The molecule has 106 valence electrons. The molecule has 1 unspecified atom stereocenters. The molecule has 19 heavy (non-hydrogen) atoms. The maximum Gasteiger partial charge on any atom is 0.325 e. The molecule has 0 aliphatic rings. The number of benzene rings is 1. The second-order valence-corrected chi connectivity index (χ2v) is 4.56. The Labute approximate surface area is 114 Å². The molecule has 2 N–H and O–H groups in total. The van der Waals surface area contributed by atoms with E-state index >= 15 is 0 Å². The first-order valence-electron chi connectivity index (χ1n) is 6.28. The van der Waals surface area contributed by atoms with Gasteiger partial charge in [0.1, 0.15) is 6.04 Å². The lowest BCUT2D eigenvalue weighted by Crippen LogP contribution is -2.29. The van der Waals surface area contributed by atoms with Crippen molar-refractivity contribution in [2.24, 2.45) is 0 Å². The third-order valence-corrected chi connectivity index (χ3v) is 2.86. The van der Waals surface area contributed by atoms with E-state index in [0.29, 0.717) is 13.2 Å². The fraction of sp³-hybridized carbons (Fsp3) is 0.500. The van der Waals surface area contributed by atoms with Crippen molar-refractivity contribution in [2.45, 2.75) is 12.5 Å². The molecule has 1 atom stereocenters. The predicted molar refractivity (Wildman–Crippen MR) is 75.6 cm³/mol. The number of carboxylic acid groups (broad SMARTS) is 1. The predicted octanol–water partition coefficient (Wildman–Crippen LogP) is 1.50. The van der Waals surface area contributed by atoms with Gasteiger partial charge in [-0.25, -0.2) is 0 Å². The Morgan fingerprint density at radius 3 is 2.47 bits per heavy atom. The van der Waals surface area contributed by atoms with Gasteiger partial charge in [0, 0.05) is 33.5 Å². The zero-order chi connectivity index (χ0) is 14.3. The molecule has 0 amide bonds. The molecule has 0 aromatic heterocycles. The summed E-state index contributed by atoms with van der Waals surface area (Å²) < 4.78 is 4.94. The lowest BCUT2D eigenvalue weighted by molar-refractivity contribution is -0.139. The number of nitrogens with one attached hydrogen (secondary N) is 1. The van der Waals surface area contributed by atoms with Crippen molar-refractivity contribution < 1.29 is 14.6 Å². The first kappa shape index (κ1) is 15.5. The van der Waals surface area contributed by atoms with Crippen molar-refractivity contribution in [3.8, 4) is 0 Å². The zero-order valence-electron chi connectivity index (χ0n) is 11.7. The van der Waals surface area contributed by atoms with Crippen LogP contribution in [0.3, 0.4) is 0 Å². The molecule has 1 rings (SSSR count). The number of hydrogen-bond acceptors (Lipinski definition) is 4. The highest BCUT2D eigenvalue weighted by Gasteiger charge is 2.18. The maximum atomic E-state index is 11.3. The highest BCUT2D eigenvalue weighted by Crippen LogP contribution is 2.18. The molecule has 0 aliphatic carbocycles. The Hall–Kier alpha value is -1.59. The number of ether oxygens (including phenoxy) is 1. The van der Waals surface area contributed by atoms with E-state index < -0.39 is 12.0 Å². The van der Waals surface area contributed by atoms with Crippen LogP contribution in [-0.4, -0.2) is 45.4 Å². The van der Waals surface area contributed by atoms with Crippen molar-refractivity contribution in [1.29, 1.82) is 0 Å². The van der Waals surface area contributed by atoms with Gasteiger partial charge in [0.05, 0.1) is 0 Å². The minimum atomic E-state index is -0.866. The summed E-state index contributed by atoms with van der Waals surface area (Å²) in [5.41, 5.74) is 1.81. The van der Waals surface area contributed by atoms with E-state index in [1.165, 1.54) is 0 Å². The number of rotatable bonds is 8. The first-order valence-corrected chi connectivity index (χ1v) is 6.28. The molecule has 0 heterocycles. The maximum absolute atomic E-state index is 11.3. The number of aliphatic carboxylic acids is 1. The van der Waals surface area contributed by atoms with E-state index in [0.717, 1.165) is 17.7 Å². The standard InChI is InChI=1S/C14H22N2O3/c1-16(2)12-7-5-11(6-8-12)13(14(17)18)15-9-4-10-19-3/h5-8,13,15H,4,9-10H2,1-3H3,(H,17,18). The molecule has 0 bridgehead atoms. The smallest absolute Gasteiger partial charge is 0.325 e. The molecule has 0 saturated carbocycles. The highest BCUT2D eigenvalue weighted by atomic mass is 16.5. The summed E-state index contributed by atoms with van der Waals surface area (Å²) in [4.78, 5) is 13.3. The molecule has 0 fully saturated rings. The summed E-state index contributed by atoms with van der Waals surface area (Å²) in [5.74, 6) is -0.866. The molecule has 5 nitrogen and oxygen atoms in total. The molecule has 0 radical (unpaired) electrons. The fourth-order valence-electron chi connectivity index (χ4n) is 1.78. The molecular weight excluding hydrogens is 244 g/mol. The Kier molecular flexibility index (Phi) is 6.32. The van der Waals surface area contributed by atoms with E-state index in [2.05, 4.69) is 5.32 Å². The SMILES string of the molecule is COCCCNC(C(=O)O)c1ccc(N(C)C)cc1. The summed E-state index contributed by atoms with van der Waals surface area (Å²) >= 11 is 0. The van der Waals surface area contributed by atoms with Crippen LogP contribution in [-0.2, 0) is 9.53 Å². The number of methoxy groups -OCH3 is 1. The summed E-state index contributed by atoms with van der Waals surface area (Å²) in [6.45, 7) is 1.24. The van der Waals surface area contributed by atoms with E-state index in [-0.39, 0.29) is 0 Å². The van der Waals surface area contributed by atoms with Crippen molar-refractivity contribution in [3.63, 3.8) is 0 Å². The van der Waals surface area contributed by atoms with Crippen molar-refractivity contribution >= 4 is 11.7 Å². The van der Waals surface area contributed by atoms with Crippen molar-refractivity contribution in [1.82, 2.24) is 5.32 Å². The largest absolute Gasteiger partial charge is 0.480 e. The molecule has 5 heteroatoms. The Bertz CT molecular complexity index is 390. The van der Waals surface area contributed by atoms with E-state index in [1.54, 1.807) is 7.11 Å².